The molecule has 0 saturated heterocycles. The number of carbonyl (C=O) groups excluding carboxylic acids is 4. The Balaban J connectivity index is 5.25. The number of phosphoric acid groups is 2. The van der Waals surface area contributed by atoms with Crippen molar-refractivity contribution in [1.29, 1.82) is 0 Å². The third-order valence-corrected chi connectivity index (χ3v) is 23.7. The highest BCUT2D eigenvalue weighted by Crippen LogP contribution is 2.45. The summed E-state index contributed by atoms with van der Waals surface area (Å²) in [7, 11) is -9.94. The molecule has 0 aliphatic heterocycles. The molecule has 0 fully saturated rings. The van der Waals surface area contributed by atoms with Gasteiger partial charge in [0.1, 0.15) is 19.3 Å². The van der Waals surface area contributed by atoms with Gasteiger partial charge in [-0.25, -0.2) is 9.13 Å². The summed E-state index contributed by atoms with van der Waals surface area (Å²) >= 11 is 0. The summed E-state index contributed by atoms with van der Waals surface area (Å²) in [5, 5.41) is 10.7. The highest BCUT2D eigenvalue weighted by Gasteiger charge is 2.31. The van der Waals surface area contributed by atoms with Gasteiger partial charge in [-0.1, -0.05) is 452 Å². The Kier molecular flexibility index (Phi) is 83.0. The number of esters is 4. The first-order valence-electron chi connectivity index (χ1n) is 47.6. The van der Waals surface area contributed by atoms with E-state index in [9.17, 15) is 43.2 Å². The molecule has 0 bridgehead atoms. The van der Waals surface area contributed by atoms with E-state index in [1.165, 1.54) is 327 Å². The van der Waals surface area contributed by atoms with E-state index in [4.69, 9.17) is 37.0 Å². The lowest BCUT2D eigenvalue weighted by Gasteiger charge is -2.21. The Morgan fingerprint density at radius 1 is 0.243 bits per heavy atom. The van der Waals surface area contributed by atoms with Crippen molar-refractivity contribution in [2.45, 2.75) is 522 Å². The first kappa shape index (κ1) is 109. The third kappa shape index (κ3) is 85.8. The Labute approximate surface area is 683 Å². The zero-order chi connectivity index (χ0) is 81.1. The van der Waals surface area contributed by atoms with E-state index in [2.05, 4.69) is 34.6 Å². The van der Waals surface area contributed by atoms with E-state index in [1.807, 2.05) is 0 Å². The Bertz CT molecular complexity index is 2100. The fraction of sp³-hybridized carbons (Fsp3) is 0.957. The fourth-order valence-corrected chi connectivity index (χ4v) is 16.1. The Morgan fingerprint density at radius 3 is 0.613 bits per heavy atom. The first-order chi connectivity index (χ1) is 54.0. The number of carbonyl (C=O) groups is 4. The van der Waals surface area contributed by atoms with Crippen molar-refractivity contribution in [3.8, 4) is 0 Å². The van der Waals surface area contributed by atoms with Crippen molar-refractivity contribution < 1.29 is 80.2 Å². The van der Waals surface area contributed by atoms with Crippen LogP contribution in [0.5, 0.6) is 0 Å². The average molecular weight is 1620 g/mol. The fourth-order valence-electron chi connectivity index (χ4n) is 14.5. The van der Waals surface area contributed by atoms with E-state index >= 15 is 0 Å². The molecule has 0 rings (SSSR count). The Hall–Kier alpha value is -1.94. The number of phosphoric ester groups is 2. The lowest BCUT2D eigenvalue weighted by Crippen LogP contribution is -2.30. The van der Waals surface area contributed by atoms with Crippen molar-refractivity contribution >= 4 is 39.5 Å². The zero-order valence-corrected chi connectivity index (χ0v) is 74.9. The van der Waals surface area contributed by atoms with Crippen LogP contribution in [0.15, 0.2) is 0 Å². The summed E-state index contributed by atoms with van der Waals surface area (Å²) in [6.07, 6.45) is 80.6. The molecule has 0 heterocycles. The molecule has 2 unspecified atom stereocenters. The van der Waals surface area contributed by atoms with Gasteiger partial charge in [0.15, 0.2) is 12.2 Å². The smallest absolute Gasteiger partial charge is 0.462 e. The maximum absolute atomic E-state index is 13.2. The monoisotopic (exact) mass is 1620 g/mol. The minimum absolute atomic E-state index is 0.110. The second-order valence-electron chi connectivity index (χ2n) is 33.5. The standard InChI is InChI=1S/C92H180O17P2/c1-6-9-12-15-18-21-24-27-29-31-33-34-35-37-43-48-53-58-63-68-73-78-92(97)109-88(82-103-90(95)76-71-66-61-56-51-46-41-39-38-40-45-49-54-59-64-69-74-85(4)5)84-107-111(100,101)105-80-86(93)79-104-110(98,99)106-83-87(81-102-89(94)75-70-65-60-55-50-44-26-23-20-17-14-11-8-3)108-91(96)77-72-67-62-57-52-47-42-36-32-30-28-25-22-19-16-13-10-7-2/h85-88,93H,6-84H2,1-5H3,(H,98,99)(H,100,101)/t86-,87+,88+/m0/s1. The van der Waals surface area contributed by atoms with Gasteiger partial charge in [-0.2, -0.15) is 0 Å². The Morgan fingerprint density at radius 2 is 0.414 bits per heavy atom. The zero-order valence-electron chi connectivity index (χ0n) is 73.1. The summed E-state index contributed by atoms with van der Waals surface area (Å²) < 4.78 is 69.1. The van der Waals surface area contributed by atoms with Gasteiger partial charge in [0.2, 0.25) is 0 Å². The van der Waals surface area contributed by atoms with Gasteiger partial charge in [-0.3, -0.25) is 37.3 Å². The maximum atomic E-state index is 13.2. The normalized spacial score (nSPS) is 13.7. The van der Waals surface area contributed by atoms with Crippen LogP contribution < -0.4 is 0 Å². The van der Waals surface area contributed by atoms with Crippen LogP contribution in [0.25, 0.3) is 0 Å². The number of aliphatic hydroxyl groups is 1. The van der Waals surface area contributed by atoms with Crippen molar-refractivity contribution in [2.75, 3.05) is 39.6 Å². The van der Waals surface area contributed by atoms with Crippen molar-refractivity contribution in [1.82, 2.24) is 0 Å². The molecule has 660 valence electrons. The predicted molar refractivity (Wildman–Crippen MR) is 460 cm³/mol. The molecule has 0 aromatic heterocycles. The maximum Gasteiger partial charge on any atom is 0.472 e. The van der Waals surface area contributed by atoms with Gasteiger partial charge in [0.25, 0.3) is 0 Å². The van der Waals surface area contributed by atoms with Crippen LogP contribution >= 0.6 is 15.6 Å². The highest BCUT2D eigenvalue weighted by molar-refractivity contribution is 7.47. The van der Waals surface area contributed by atoms with Crippen LogP contribution in [0, 0.1) is 5.92 Å². The molecule has 0 radical (unpaired) electrons. The van der Waals surface area contributed by atoms with Crippen molar-refractivity contribution in [3.63, 3.8) is 0 Å². The quantitative estimate of drug-likeness (QED) is 0.0222. The number of hydrogen-bond acceptors (Lipinski definition) is 15. The van der Waals surface area contributed by atoms with Gasteiger partial charge in [0.05, 0.1) is 26.4 Å². The number of aliphatic hydroxyl groups excluding tert-OH is 1. The molecule has 0 spiro atoms. The van der Waals surface area contributed by atoms with Gasteiger partial charge in [-0.15, -0.1) is 0 Å². The number of rotatable bonds is 92. The van der Waals surface area contributed by atoms with E-state index in [-0.39, 0.29) is 25.7 Å². The van der Waals surface area contributed by atoms with E-state index < -0.39 is 97.5 Å². The summed E-state index contributed by atoms with van der Waals surface area (Å²) in [6.45, 7) is 7.44. The lowest BCUT2D eigenvalue weighted by molar-refractivity contribution is -0.161. The lowest BCUT2D eigenvalue weighted by atomic mass is 10.0. The molecule has 111 heavy (non-hydrogen) atoms. The molecule has 19 heteroatoms. The van der Waals surface area contributed by atoms with Gasteiger partial charge in [0, 0.05) is 25.7 Å². The van der Waals surface area contributed by atoms with Crippen LogP contribution in [-0.4, -0.2) is 96.7 Å². The molecular formula is C92H180O17P2. The average Bonchev–Trinajstić information content (AvgIpc) is 0.899. The van der Waals surface area contributed by atoms with Gasteiger partial charge in [-0.05, 0) is 31.6 Å². The molecule has 5 atom stereocenters. The van der Waals surface area contributed by atoms with Crippen LogP contribution in [0.3, 0.4) is 0 Å². The minimum atomic E-state index is -4.97. The molecular weight excluding hydrogens is 1440 g/mol. The molecule has 3 N–H and O–H groups in total. The first-order valence-corrected chi connectivity index (χ1v) is 50.6. The van der Waals surface area contributed by atoms with Crippen LogP contribution in [0.2, 0.25) is 0 Å². The number of hydrogen-bond donors (Lipinski definition) is 3. The molecule has 0 amide bonds. The minimum Gasteiger partial charge on any atom is -0.462 e. The number of ether oxygens (including phenoxy) is 4. The summed E-state index contributed by atoms with van der Waals surface area (Å²) in [6, 6.07) is 0. The highest BCUT2D eigenvalue weighted by atomic mass is 31.2. The molecule has 0 aromatic rings. The summed E-state index contributed by atoms with van der Waals surface area (Å²) in [5.41, 5.74) is 0. The van der Waals surface area contributed by atoms with Crippen LogP contribution in [0.4, 0.5) is 0 Å². The summed E-state index contributed by atoms with van der Waals surface area (Å²) in [4.78, 5) is 73.5. The summed E-state index contributed by atoms with van der Waals surface area (Å²) in [5.74, 6) is -1.28. The van der Waals surface area contributed by atoms with Crippen molar-refractivity contribution in [2.24, 2.45) is 5.92 Å². The molecule has 17 nitrogen and oxygen atoms in total. The third-order valence-electron chi connectivity index (χ3n) is 21.8. The second-order valence-corrected chi connectivity index (χ2v) is 36.4. The van der Waals surface area contributed by atoms with E-state index in [1.54, 1.807) is 0 Å². The predicted octanol–water partition coefficient (Wildman–Crippen LogP) is 28.7. The van der Waals surface area contributed by atoms with Crippen LogP contribution in [0.1, 0.15) is 503 Å². The van der Waals surface area contributed by atoms with Gasteiger partial charge >= 0.3 is 39.5 Å². The van der Waals surface area contributed by atoms with E-state index in [0.717, 1.165) is 95.8 Å². The topological polar surface area (TPSA) is 237 Å². The molecule has 0 aliphatic carbocycles. The van der Waals surface area contributed by atoms with Crippen LogP contribution in [-0.2, 0) is 65.4 Å². The SMILES string of the molecule is CCCCCCCCCCCCCCCCCCCCCCCC(=O)O[C@H](COC(=O)CCCCCCCCCCCCCCCCCCC(C)C)COP(=O)(O)OC[C@@H](O)COP(=O)(O)OC[C@@H](COC(=O)CCCCCCCCCCCCCCC)OC(=O)CCCCCCCCCCCCCCCCCCCC. The second kappa shape index (κ2) is 84.5. The van der Waals surface area contributed by atoms with Gasteiger partial charge < -0.3 is 33.8 Å². The molecule has 0 saturated carbocycles. The molecule has 0 aliphatic rings. The van der Waals surface area contributed by atoms with E-state index in [0.29, 0.717) is 25.7 Å². The number of unbranched alkanes of at least 4 members (excludes halogenated alkanes) is 64. The largest absolute Gasteiger partial charge is 0.472 e. The molecule has 0 aromatic carbocycles. The van der Waals surface area contributed by atoms with Crippen molar-refractivity contribution in [3.05, 3.63) is 0 Å².